The first-order chi connectivity index (χ1) is 9.50. The van der Waals surface area contributed by atoms with Crippen LogP contribution in [0.3, 0.4) is 0 Å². The van der Waals surface area contributed by atoms with Crippen molar-refractivity contribution in [1.29, 1.82) is 0 Å². The Balaban J connectivity index is 1.81. The summed E-state index contributed by atoms with van der Waals surface area (Å²) in [5.41, 5.74) is 7.11. The van der Waals surface area contributed by atoms with Gasteiger partial charge in [-0.15, -0.1) is 11.3 Å². The average molecular weight is 307 g/mol. The zero-order chi connectivity index (χ0) is 14.3. The molecule has 0 spiro atoms. The van der Waals surface area contributed by atoms with Gasteiger partial charge in [0, 0.05) is 5.69 Å². The molecule has 1 aromatic carbocycles. The minimum atomic E-state index is -0.771. The first-order valence-corrected chi connectivity index (χ1v) is 8.60. The zero-order valence-corrected chi connectivity index (χ0v) is 13.1. The van der Waals surface area contributed by atoms with Crippen LogP contribution in [-0.2, 0) is 4.79 Å². The number of nitrogens with two attached hydrogens (primary N) is 1. The zero-order valence-electron chi connectivity index (χ0n) is 11.5. The molecule has 0 bridgehead atoms. The highest BCUT2D eigenvalue weighted by atomic mass is 32.2. The summed E-state index contributed by atoms with van der Waals surface area (Å²) in [5.74, 6) is 0.215. The van der Waals surface area contributed by atoms with Crippen LogP contribution in [0.4, 0.5) is 5.69 Å². The van der Waals surface area contributed by atoms with Gasteiger partial charge in [-0.05, 0) is 50.1 Å². The van der Waals surface area contributed by atoms with E-state index in [1.165, 1.54) is 0 Å². The molecule has 1 aliphatic rings. The standard InChI is InChI=1S/C14H17N3OS2/c1-14(15,8-3-4-8)12(18)16-9-5-6-10-11(7-9)20-13(17-10)19-2/h5-8H,3-4,15H2,1-2H3,(H,16,18). The molecule has 1 atom stereocenters. The number of nitrogens with zero attached hydrogens (tertiary/aromatic N) is 1. The third-order valence-corrected chi connectivity index (χ3v) is 5.72. The third-order valence-electron chi connectivity index (χ3n) is 3.72. The number of benzene rings is 1. The lowest BCUT2D eigenvalue weighted by atomic mass is 9.96. The van der Waals surface area contributed by atoms with E-state index in [9.17, 15) is 4.79 Å². The molecule has 0 radical (unpaired) electrons. The van der Waals surface area contributed by atoms with Crippen LogP contribution in [0, 0.1) is 5.92 Å². The Labute approximate surface area is 126 Å². The fourth-order valence-corrected chi connectivity index (χ4v) is 3.73. The summed E-state index contributed by atoms with van der Waals surface area (Å²) in [6.45, 7) is 1.82. The van der Waals surface area contributed by atoms with Crippen LogP contribution in [-0.4, -0.2) is 22.7 Å². The maximum Gasteiger partial charge on any atom is 0.244 e. The minimum absolute atomic E-state index is 0.103. The SMILES string of the molecule is CSc1nc2ccc(NC(=O)C(C)(N)C3CC3)cc2s1. The quantitative estimate of drug-likeness (QED) is 0.852. The van der Waals surface area contributed by atoms with Gasteiger partial charge in [-0.3, -0.25) is 4.79 Å². The largest absolute Gasteiger partial charge is 0.324 e. The number of rotatable bonds is 4. The molecule has 3 rings (SSSR count). The Kier molecular flexibility index (Phi) is 3.48. The van der Waals surface area contributed by atoms with Crippen molar-refractivity contribution in [1.82, 2.24) is 4.98 Å². The molecule has 106 valence electrons. The molecular weight excluding hydrogens is 290 g/mol. The number of anilines is 1. The van der Waals surface area contributed by atoms with E-state index < -0.39 is 5.54 Å². The number of amides is 1. The predicted molar refractivity (Wildman–Crippen MR) is 85.3 cm³/mol. The van der Waals surface area contributed by atoms with E-state index in [1.54, 1.807) is 23.1 Å². The third kappa shape index (κ3) is 2.55. The van der Waals surface area contributed by atoms with Gasteiger partial charge in [-0.2, -0.15) is 0 Å². The van der Waals surface area contributed by atoms with Gasteiger partial charge in [0.25, 0.3) is 0 Å². The van der Waals surface area contributed by atoms with Crippen LogP contribution < -0.4 is 11.1 Å². The summed E-state index contributed by atoms with van der Waals surface area (Å²) in [6, 6.07) is 5.78. The van der Waals surface area contributed by atoms with Crippen LogP contribution in [0.5, 0.6) is 0 Å². The van der Waals surface area contributed by atoms with Crippen molar-refractivity contribution in [2.45, 2.75) is 29.6 Å². The van der Waals surface area contributed by atoms with Crippen molar-refractivity contribution in [3.05, 3.63) is 18.2 Å². The van der Waals surface area contributed by atoms with Crippen molar-refractivity contribution in [2.24, 2.45) is 11.7 Å². The van der Waals surface area contributed by atoms with E-state index in [0.29, 0.717) is 5.92 Å². The molecule has 0 aliphatic heterocycles. The Morgan fingerprint density at radius 3 is 2.95 bits per heavy atom. The molecule has 1 saturated carbocycles. The number of hydrogen-bond donors (Lipinski definition) is 2. The fraction of sp³-hybridized carbons (Fsp3) is 0.429. The molecule has 1 amide bonds. The molecule has 1 unspecified atom stereocenters. The van der Waals surface area contributed by atoms with E-state index in [0.717, 1.165) is 33.1 Å². The number of fused-ring (bicyclic) bond motifs is 1. The van der Waals surface area contributed by atoms with Crippen molar-refractivity contribution in [2.75, 3.05) is 11.6 Å². The first kappa shape index (κ1) is 13.9. The molecule has 3 N–H and O–H groups in total. The van der Waals surface area contributed by atoms with Crippen LogP contribution >= 0.6 is 23.1 Å². The summed E-state index contributed by atoms with van der Waals surface area (Å²) in [5, 5.41) is 2.93. The molecular formula is C14H17N3OS2. The van der Waals surface area contributed by atoms with Gasteiger partial charge in [0.15, 0.2) is 4.34 Å². The molecule has 1 heterocycles. The monoisotopic (exact) mass is 307 g/mol. The van der Waals surface area contributed by atoms with Crippen LogP contribution in [0.2, 0.25) is 0 Å². The van der Waals surface area contributed by atoms with Gasteiger partial charge in [-0.1, -0.05) is 11.8 Å². The van der Waals surface area contributed by atoms with Gasteiger partial charge in [0.2, 0.25) is 5.91 Å². The van der Waals surface area contributed by atoms with Gasteiger partial charge >= 0.3 is 0 Å². The van der Waals surface area contributed by atoms with Crippen LogP contribution in [0.25, 0.3) is 10.2 Å². The lowest BCUT2D eigenvalue weighted by molar-refractivity contribution is -0.121. The average Bonchev–Trinajstić information content (AvgIpc) is 3.19. The van der Waals surface area contributed by atoms with Crippen LogP contribution in [0.15, 0.2) is 22.5 Å². The molecule has 6 heteroatoms. The topological polar surface area (TPSA) is 68.0 Å². The second-order valence-electron chi connectivity index (χ2n) is 5.38. The molecule has 20 heavy (non-hydrogen) atoms. The summed E-state index contributed by atoms with van der Waals surface area (Å²) in [4.78, 5) is 16.7. The maximum absolute atomic E-state index is 12.3. The second kappa shape index (κ2) is 5.02. The van der Waals surface area contributed by atoms with Crippen molar-refractivity contribution in [3.63, 3.8) is 0 Å². The van der Waals surface area contributed by atoms with E-state index >= 15 is 0 Å². The van der Waals surface area contributed by atoms with Crippen molar-refractivity contribution >= 4 is 44.9 Å². The fourth-order valence-electron chi connectivity index (χ4n) is 2.20. The van der Waals surface area contributed by atoms with Gasteiger partial charge < -0.3 is 11.1 Å². The highest BCUT2D eigenvalue weighted by Gasteiger charge is 2.44. The van der Waals surface area contributed by atoms with Gasteiger partial charge in [-0.25, -0.2) is 4.98 Å². The van der Waals surface area contributed by atoms with Crippen molar-refractivity contribution in [3.8, 4) is 0 Å². The Bertz CT molecular complexity index is 661. The number of carbonyl (C=O) groups is 1. The normalized spacial score (nSPS) is 17.9. The smallest absolute Gasteiger partial charge is 0.244 e. The molecule has 0 saturated heterocycles. The Hall–Kier alpha value is -1.11. The molecule has 1 aromatic heterocycles. The highest BCUT2D eigenvalue weighted by Crippen LogP contribution is 2.38. The summed E-state index contributed by atoms with van der Waals surface area (Å²) in [6.07, 6.45) is 4.10. The number of aromatic nitrogens is 1. The summed E-state index contributed by atoms with van der Waals surface area (Å²) >= 11 is 3.26. The number of thioether (sulfide) groups is 1. The molecule has 4 nitrogen and oxygen atoms in total. The Morgan fingerprint density at radius 1 is 1.55 bits per heavy atom. The number of hydrogen-bond acceptors (Lipinski definition) is 5. The minimum Gasteiger partial charge on any atom is -0.324 e. The van der Waals surface area contributed by atoms with Crippen LogP contribution in [0.1, 0.15) is 19.8 Å². The summed E-state index contributed by atoms with van der Waals surface area (Å²) < 4.78 is 2.11. The Morgan fingerprint density at radius 2 is 2.30 bits per heavy atom. The predicted octanol–water partition coefficient (Wildman–Crippen LogP) is 3.08. The first-order valence-electron chi connectivity index (χ1n) is 6.55. The van der Waals surface area contributed by atoms with Crippen molar-refractivity contribution < 1.29 is 4.79 Å². The lowest BCUT2D eigenvalue weighted by Gasteiger charge is -2.23. The summed E-state index contributed by atoms with van der Waals surface area (Å²) in [7, 11) is 0. The number of thiazole rings is 1. The second-order valence-corrected chi connectivity index (χ2v) is 7.46. The molecule has 1 aliphatic carbocycles. The van der Waals surface area contributed by atoms with E-state index in [-0.39, 0.29) is 5.91 Å². The number of carbonyl (C=O) groups excluding carboxylic acids is 1. The van der Waals surface area contributed by atoms with Gasteiger partial charge in [0.1, 0.15) is 0 Å². The molecule has 2 aromatic rings. The van der Waals surface area contributed by atoms with E-state index in [4.69, 9.17) is 5.73 Å². The number of nitrogens with one attached hydrogen (secondary N) is 1. The van der Waals surface area contributed by atoms with E-state index in [1.807, 2.05) is 31.4 Å². The molecule has 1 fully saturated rings. The highest BCUT2D eigenvalue weighted by molar-refractivity contribution is 8.00. The van der Waals surface area contributed by atoms with E-state index in [2.05, 4.69) is 10.3 Å². The lowest BCUT2D eigenvalue weighted by Crippen LogP contribution is -2.50. The van der Waals surface area contributed by atoms with Gasteiger partial charge in [0.05, 0.1) is 15.8 Å². The maximum atomic E-state index is 12.3.